The summed E-state index contributed by atoms with van der Waals surface area (Å²) in [5.74, 6) is -1.91. The van der Waals surface area contributed by atoms with Crippen LogP contribution in [-0.4, -0.2) is 94.4 Å². The van der Waals surface area contributed by atoms with Crippen molar-refractivity contribution in [3.63, 3.8) is 0 Å². The minimum Gasteiger partial charge on any atom is -0.619 e. The van der Waals surface area contributed by atoms with Crippen LogP contribution in [0.2, 0.25) is 0 Å². The fourth-order valence-corrected chi connectivity index (χ4v) is 20.3. The quantitative estimate of drug-likeness (QED) is 0.0570. The van der Waals surface area contributed by atoms with Crippen LogP contribution in [0.15, 0.2) is 269 Å². The topological polar surface area (TPSA) is 283 Å². The monoisotopic (exact) mass is 1770 g/mol. The zero-order valence-electron chi connectivity index (χ0n) is 73.5. The molecule has 652 valence electrons. The summed E-state index contributed by atoms with van der Waals surface area (Å²) in [6.07, 6.45) is 11.5. The Morgan fingerprint density at radius 1 is 0.373 bits per heavy atom. The largest absolute Gasteiger partial charge is 0.619 e. The van der Waals surface area contributed by atoms with E-state index < -0.39 is 67.0 Å². The molecule has 0 fully saturated rings. The smallest absolute Gasteiger partial charge is 0.188 e. The van der Waals surface area contributed by atoms with E-state index in [0.717, 1.165) is 117 Å². The minimum absolute atomic E-state index is 0.0274. The summed E-state index contributed by atoms with van der Waals surface area (Å²) in [5.41, 5.74) is 11.2. The first-order valence-electron chi connectivity index (χ1n) is 41.0. The molecule has 0 aliphatic rings. The van der Waals surface area contributed by atoms with Crippen molar-refractivity contribution < 1.29 is 51.9 Å². The van der Waals surface area contributed by atoms with Crippen molar-refractivity contribution in [1.29, 1.82) is 0 Å². The molecule has 0 saturated carbocycles. The third-order valence-corrected chi connectivity index (χ3v) is 28.0. The molecular formula is C98H102F2N12O10S4. The maximum Gasteiger partial charge on any atom is 0.188 e. The number of fused-ring (bicyclic) bond motifs is 4. The second-order valence-electron chi connectivity index (χ2n) is 35.4. The van der Waals surface area contributed by atoms with Gasteiger partial charge < -0.3 is 9.94 Å². The highest BCUT2D eigenvalue weighted by molar-refractivity contribution is 7.91. The van der Waals surface area contributed by atoms with Gasteiger partial charge in [0.15, 0.2) is 51.7 Å². The van der Waals surface area contributed by atoms with Gasteiger partial charge in [-0.2, -0.15) is 25.1 Å². The van der Waals surface area contributed by atoms with Gasteiger partial charge in [-0.05, 0) is 212 Å². The third-order valence-electron chi connectivity index (χ3n) is 21.4. The van der Waals surface area contributed by atoms with Crippen LogP contribution in [-0.2, 0) is 84.0 Å². The van der Waals surface area contributed by atoms with Gasteiger partial charge in [0.2, 0.25) is 0 Å². The zero-order valence-corrected chi connectivity index (χ0v) is 76.8. The predicted molar refractivity (Wildman–Crippen MR) is 491 cm³/mol. The van der Waals surface area contributed by atoms with E-state index in [0.29, 0.717) is 50.6 Å². The predicted octanol–water partition coefficient (Wildman–Crippen LogP) is 19.9. The lowest BCUT2D eigenvalue weighted by Crippen LogP contribution is -2.23. The summed E-state index contributed by atoms with van der Waals surface area (Å²) in [4.78, 5) is 13.3. The van der Waals surface area contributed by atoms with Crippen LogP contribution in [0.1, 0.15) is 158 Å². The summed E-state index contributed by atoms with van der Waals surface area (Å²) in [7, 11) is -14.7. The van der Waals surface area contributed by atoms with E-state index in [-0.39, 0.29) is 44.0 Å². The molecule has 0 aliphatic carbocycles. The van der Waals surface area contributed by atoms with Crippen molar-refractivity contribution in [2.45, 2.75) is 182 Å². The molecule has 0 N–H and O–H groups in total. The third kappa shape index (κ3) is 20.5. The van der Waals surface area contributed by atoms with Gasteiger partial charge >= 0.3 is 0 Å². The number of hydrogen-bond acceptors (Lipinski definition) is 17. The molecule has 16 aromatic rings. The maximum atomic E-state index is 14.7. The van der Waals surface area contributed by atoms with Gasteiger partial charge in [0.1, 0.15) is 17.4 Å². The van der Waals surface area contributed by atoms with Gasteiger partial charge in [0, 0.05) is 80.3 Å². The number of ether oxygens (including phenoxy) is 1. The van der Waals surface area contributed by atoms with Crippen LogP contribution >= 0.6 is 0 Å². The van der Waals surface area contributed by atoms with Crippen LogP contribution < -0.4 is 9.47 Å². The number of rotatable bonds is 18. The summed E-state index contributed by atoms with van der Waals surface area (Å²) < 4.78 is 148. The number of aromatic nitrogens is 12. The molecule has 126 heavy (non-hydrogen) atoms. The molecule has 0 saturated heterocycles. The van der Waals surface area contributed by atoms with Gasteiger partial charge in [-0.3, -0.25) is 15.0 Å². The fourth-order valence-electron chi connectivity index (χ4n) is 15.1. The minimum atomic E-state index is -4.04. The molecule has 8 heterocycles. The summed E-state index contributed by atoms with van der Waals surface area (Å²) in [6, 6.07) is 60.3. The van der Waals surface area contributed by atoms with Crippen molar-refractivity contribution in [2.24, 2.45) is 0 Å². The number of aryl methyl sites for hydroxylation is 4. The van der Waals surface area contributed by atoms with Crippen LogP contribution in [0, 0.1) is 44.5 Å². The molecule has 0 aliphatic heterocycles. The molecule has 0 atom stereocenters. The van der Waals surface area contributed by atoms with E-state index in [1.165, 1.54) is 12.4 Å². The average molecular weight is 1770 g/mol. The Labute approximate surface area is 735 Å². The molecular weight excluding hydrogens is 1670 g/mol. The molecule has 0 unspecified atom stereocenters. The van der Waals surface area contributed by atoms with Gasteiger partial charge in [0.25, 0.3) is 0 Å². The first-order valence-corrected chi connectivity index (χ1v) is 47.6. The Morgan fingerprint density at radius 3 is 1.16 bits per heavy atom. The summed E-state index contributed by atoms with van der Waals surface area (Å²) in [6.45, 7) is 33.7. The molecule has 0 bridgehead atoms. The number of halogens is 2. The van der Waals surface area contributed by atoms with Gasteiger partial charge in [-0.1, -0.05) is 144 Å². The lowest BCUT2D eigenvalue weighted by Gasteiger charge is -2.21. The second kappa shape index (κ2) is 35.9. The van der Waals surface area contributed by atoms with Gasteiger partial charge in [0.05, 0.1) is 123 Å². The molecule has 16 rings (SSSR count). The van der Waals surface area contributed by atoms with E-state index in [2.05, 4.69) is 97.7 Å². The van der Waals surface area contributed by atoms with Crippen molar-refractivity contribution in [3.8, 4) is 28.5 Å². The Hall–Kier alpha value is -12.5. The molecule has 8 aromatic carbocycles. The van der Waals surface area contributed by atoms with E-state index in [1.807, 2.05) is 167 Å². The summed E-state index contributed by atoms with van der Waals surface area (Å²) in [5, 5.41) is 35.9. The Morgan fingerprint density at radius 2 is 0.746 bits per heavy atom. The number of pyridine rings is 4. The molecule has 28 heteroatoms. The highest BCUT2D eigenvalue weighted by Gasteiger charge is 2.31. The zero-order chi connectivity index (χ0) is 91.0. The van der Waals surface area contributed by atoms with Crippen LogP contribution in [0.25, 0.3) is 66.0 Å². The van der Waals surface area contributed by atoms with Crippen molar-refractivity contribution in [3.05, 3.63) is 334 Å². The number of sulfone groups is 4. The van der Waals surface area contributed by atoms with E-state index in [9.17, 15) is 47.7 Å². The fraction of sp³-hybridized carbons (Fsp3) is 0.265. The standard InChI is InChI=1S/C26H29N3O3S.C24H23F2N3O2S.C24H25N3O3S.C24H25N3O2S/c1-6-32-25-12-11-24(22-13-14-27-16-23(22)25)29-20(15-18(2)28-29)17-33(30,31)21-9-7-19(8-10-21)26(3,4)5;1-15-10-17(29(28-15)22-7-5-6-16-13-27-9-8-19(16)22)14-32(30,31)18-11-20(25)23(21(26)12-18)24(2,3)4;1-17-14-20(16-31(29,30)21-10-8-19(9-11-21)24(2,3)4)27(25-17)23-7-5-6-18-15-26(28)13-12-22(18)23;1-17-15-19(16-30(28,29)20-12-10-18(11-13-20)24(2,3)4)27(26-17)23-9-5-8-22-21(23)7-6-14-25-22/h7-16H,6,17H2,1-5H3;5-13H,14H2,1-4H3;5-15H,16H2,1-4H3;5-15H,16H2,1-4H3. The second-order valence-corrected chi connectivity index (χ2v) is 43.3. The normalized spacial score (nSPS) is 12.4. The van der Waals surface area contributed by atoms with Gasteiger partial charge in [-0.25, -0.2) is 61.2 Å². The molecule has 0 radical (unpaired) electrons. The average Bonchev–Trinajstić information content (AvgIpc) is 1.45. The van der Waals surface area contributed by atoms with E-state index in [1.54, 1.807) is 132 Å². The summed E-state index contributed by atoms with van der Waals surface area (Å²) >= 11 is 0. The van der Waals surface area contributed by atoms with Gasteiger partial charge in [-0.15, -0.1) is 0 Å². The van der Waals surface area contributed by atoms with Crippen LogP contribution in [0.3, 0.4) is 0 Å². The lowest BCUT2D eigenvalue weighted by atomic mass is 9.86. The van der Waals surface area contributed by atoms with Crippen molar-refractivity contribution in [2.75, 3.05) is 6.61 Å². The first kappa shape index (κ1) is 91.2. The maximum absolute atomic E-state index is 14.7. The Balaban J connectivity index is 0.000000144. The molecule has 22 nitrogen and oxygen atoms in total. The highest BCUT2D eigenvalue weighted by Crippen LogP contribution is 2.37. The molecule has 8 aromatic heterocycles. The van der Waals surface area contributed by atoms with E-state index >= 15 is 0 Å². The van der Waals surface area contributed by atoms with E-state index in [4.69, 9.17) is 4.74 Å². The molecule has 0 spiro atoms. The highest BCUT2D eigenvalue weighted by atomic mass is 32.2. The van der Waals surface area contributed by atoms with Crippen LogP contribution in [0.5, 0.6) is 5.75 Å². The Kier molecular flexibility index (Phi) is 26.0. The molecule has 0 amide bonds. The number of benzene rings is 8. The number of hydrogen-bond donors (Lipinski definition) is 0. The van der Waals surface area contributed by atoms with Crippen molar-refractivity contribution in [1.82, 2.24) is 54.1 Å². The first-order chi connectivity index (χ1) is 59.3. The SMILES string of the molecule is CCOc1ccc(-n2nc(C)cc2CS(=O)(=O)c2ccc(C(C)(C)C)cc2)c2ccncc12.Cc1cc(CS(=O)(=O)c2cc(F)c(C(C)(C)C)c(F)c2)n(-c2cccc3cnccc23)n1.Cc1cc(CS(=O)(=O)c2ccc(C(C)(C)C)cc2)n(-c2cccc3c[n+]([O-])ccc23)n1.Cc1cc(CS(=O)(=O)c2ccc(C(C)(C)C)cc2)n(-c2cccc3ncccc23)n1. The Bertz CT molecular complexity index is 7220. The number of nitrogens with zero attached hydrogens (tertiary/aromatic N) is 12. The lowest BCUT2D eigenvalue weighted by molar-refractivity contribution is -0.603. The van der Waals surface area contributed by atoms with Crippen LogP contribution in [0.4, 0.5) is 8.78 Å². The van der Waals surface area contributed by atoms with Crippen molar-refractivity contribution >= 4 is 82.6 Å².